The summed E-state index contributed by atoms with van der Waals surface area (Å²) in [5.74, 6) is 2.03. The minimum atomic E-state index is -0.0186. The Morgan fingerprint density at radius 3 is 2.85 bits per heavy atom. The van der Waals surface area contributed by atoms with E-state index in [0.717, 1.165) is 24.5 Å². The van der Waals surface area contributed by atoms with E-state index >= 15 is 0 Å². The number of carbonyl (C=O) groups excluding carboxylic acids is 1. The third kappa shape index (κ3) is 6.24. The van der Waals surface area contributed by atoms with Crippen LogP contribution in [0.3, 0.4) is 0 Å². The number of guanidine groups is 1. The molecule has 0 bridgehead atoms. The summed E-state index contributed by atoms with van der Waals surface area (Å²) in [5, 5.41) is 9.78. The highest BCUT2D eigenvalue weighted by Crippen LogP contribution is 2.36. The zero-order valence-corrected chi connectivity index (χ0v) is 17.2. The maximum absolute atomic E-state index is 12.3. The van der Waals surface area contributed by atoms with Gasteiger partial charge in [0.2, 0.25) is 0 Å². The summed E-state index contributed by atoms with van der Waals surface area (Å²) in [6.45, 7) is 7.93. The first-order chi connectivity index (χ1) is 12.5. The van der Waals surface area contributed by atoms with Crippen LogP contribution in [0.5, 0.6) is 0 Å². The number of hydrogen-bond donors (Lipinski definition) is 3. The van der Waals surface area contributed by atoms with Crippen LogP contribution >= 0.6 is 11.8 Å². The molecule has 0 radical (unpaired) electrons. The predicted octanol–water partition coefficient (Wildman–Crippen LogP) is 3.17. The number of carbonyl (C=O) groups is 1. The van der Waals surface area contributed by atoms with Gasteiger partial charge in [0.05, 0.1) is 0 Å². The van der Waals surface area contributed by atoms with Crippen molar-refractivity contribution in [3.05, 3.63) is 35.4 Å². The van der Waals surface area contributed by atoms with Gasteiger partial charge >= 0.3 is 0 Å². The van der Waals surface area contributed by atoms with Gasteiger partial charge in [-0.25, -0.2) is 0 Å². The standard InChI is InChI=1S/C20H32N4OS/c1-5-15(2)24-18(25)17-9-6-8-16(12-17)13-22-19(21-4)23-14-20(3)10-7-11-26-20/h6,8-9,12,15H,5,7,10-11,13-14H2,1-4H3,(H,24,25)(H2,21,22,23). The van der Waals surface area contributed by atoms with Crippen LogP contribution in [0.1, 0.15) is 56.0 Å². The second-order valence-corrected chi connectivity index (χ2v) is 8.85. The molecule has 0 aliphatic carbocycles. The van der Waals surface area contributed by atoms with E-state index in [1.54, 1.807) is 7.05 Å². The molecule has 2 atom stereocenters. The van der Waals surface area contributed by atoms with Crippen LogP contribution in [0, 0.1) is 0 Å². The van der Waals surface area contributed by atoms with Gasteiger partial charge in [-0.3, -0.25) is 9.79 Å². The van der Waals surface area contributed by atoms with Gasteiger partial charge in [0.1, 0.15) is 0 Å². The van der Waals surface area contributed by atoms with Gasteiger partial charge in [-0.1, -0.05) is 19.1 Å². The van der Waals surface area contributed by atoms with Gasteiger partial charge in [-0.05, 0) is 56.6 Å². The first-order valence-electron chi connectivity index (χ1n) is 9.44. The molecule has 144 valence electrons. The van der Waals surface area contributed by atoms with Crippen LogP contribution in [0.4, 0.5) is 0 Å². The van der Waals surface area contributed by atoms with Crippen molar-refractivity contribution in [1.82, 2.24) is 16.0 Å². The molecule has 0 spiro atoms. The Bertz CT molecular complexity index is 626. The lowest BCUT2D eigenvalue weighted by atomic mass is 10.1. The Kier molecular flexibility index (Phi) is 7.82. The number of nitrogens with one attached hydrogen (secondary N) is 3. The normalized spacial score (nSPS) is 21.3. The molecule has 1 heterocycles. The molecule has 1 aliphatic heterocycles. The Morgan fingerprint density at radius 1 is 1.38 bits per heavy atom. The molecule has 6 heteroatoms. The molecule has 1 aromatic rings. The van der Waals surface area contributed by atoms with Crippen molar-refractivity contribution in [2.75, 3.05) is 19.3 Å². The van der Waals surface area contributed by atoms with Gasteiger partial charge in [0, 0.05) is 36.5 Å². The SMILES string of the molecule is CCC(C)NC(=O)c1cccc(CNC(=NC)NCC2(C)CCCS2)c1. The molecule has 26 heavy (non-hydrogen) atoms. The topological polar surface area (TPSA) is 65.5 Å². The fraction of sp³-hybridized carbons (Fsp3) is 0.600. The van der Waals surface area contributed by atoms with E-state index in [4.69, 9.17) is 0 Å². The Labute approximate surface area is 161 Å². The Balaban J connectivity index is 1.87. The minimum Gasteiger partial charge on any atom is -0.355 e. The molecule has 0 saturated carbocycles. The van der Waals surface area contributed by atoms with E-state index in [9.17, 15) is 4.79 Å². The lowest BCUT2D eigenvalue weighted by Crippen LogP contribution is -2.43. The van der Waals surface area contributed by atoms with Crippen molar-refractivity contribution in [2.24, 2.45) is 4.99 Å². The fourth-order valence-corrected chi connectivity index (χ4v) is 4.13. The highest BCUT2D eigenvalue weighted by molar-refractivity contribution is 8.00. The van der Waals surface area contributed by atoms with Crippen LogP contribution in [0.2, 0.25) is 0 Å². The monoisotopic (exact) mass is 376 g/mol. The van der Waals surface area contributed by atoms with E-state index in [0.29, 0.717) is 16.9 Å². The molecule has 1 saturated heterocycles. The van der Waals surface area contributed by atoms with Crippen molar-refractivity contribution in [2.45, 2.75) is 57.4 Å². The molecule has 1 aromatic carbocycles. The molecule has 1 aliphatic rings. The smallest absolute Gasteiger partial charge is 0.251 e. The maximum atomic E-state index is 12.3. The summed E-state index contributed by atoms with van der Waals surface area (Å²) in [7, 11) is 1.79. The molecule has 1 fully saturated rings. The first-order valence-corrected chi connectivity index (χ1v) is 10.4. The summed E-state index contributed by atoms with van der Waals surface area (Å²) >= 11 is 2.03. The molecule has 0 aromatic heterocycles. The largest absolute Gasteiger partial charge is 0.355 e. The summed E-state index contributed by atoms with van der Waals surface area (Å²) in [5.41, 5.74) is 1.76. The van der Waals surface area contributed by atoms with Crippen molar-refractivity contribution in [1.29, 1.82) is 0 Å². The van der Waals surface area contributed by atoms with Crippen molar-refractivity contribution >= 4 is 23.6 Å². The molecular weight excluding hydrogens is 344 g/mol. The van der Waals surface area contributed by atoms with Crippen LogP contribution in [0.15, 0.2) is 29.3 Å². The maximum Gasteiger partial charge on any atom is 0.251 e. The first kappa shape index (κ1) is 20.6. The molecule has 2 rings (SSSR count). The summed E-state index contributed by atoms with van der Waals surface area (Å²) < 4.78 is 0.297. The van der Waals surface area contributed by atoms with Gasteiger partial charge in [0.15, 0.2) is 5.96 Å². The van der Waals surface area contributed by atoms with Crippen molar-refractivity contribution < 1.29 is 4.79 Å². The second-order valence-electron chi connectivity index (χ2n) is 7.16. The number of amides is 1. The van der Waals surface area contributed by atoms with Crippen LogP contribution in [-0.2, 0) is 6.54 Å². The summed E-state index contributed by atoms with van der Waals surface area (Å²) in [6, 6.07) is 7.92. The molecule has 5 nitrogen and oxygen atoms in total. The summed E-state index contributed by atoms with van der Waals surface area (Å²) in [4.78, 5) is 16.6. The highest BCUT2D eigenvalue weighted by atomic mass is 32.2. The fourth-order valence-electron chi connectivity index (χ4n) is 2.89. The van der Waals surface area contributed by atoms with E-state index < -0.39 is 0 Å². The molecule has 1 amide bonds. The Morgan fingerprint density at radius 2 is 2.19 bits per heavy atom. The number of nitrogens with zero attached hydrogens (tertiary/aromatic N) is 1. The van der Waals surface area contributed by atoms with Gasteiger partial charge < -0.3 is 16.0 Å². The van der Waals surface area contributed by atoms with E-state index in [-0.39, 0.29) is 11.9 Å². The van der Waals surface area contributed by atoms with Crippen molar-refractivity contribution in [3.63, 3.8) is 0 Å². The lowest BCUT2D eigenvalue weighted by molar-refractivity contribution is 0.0939. The quantitative estimate of drug-likeness (QED) is 0.505. The summed E-state index contributed by atoms with van der Waals surface area (Å²) in [6.07, 6.45) is 3.46. The van der Waals surface area contributed by atoms with Crippen molar-refractivity contribution in [3.8, 4) is 0 Å². The highest BCUT2D eigenvalue weighted by Gasteiger charge is 2.29. The molecular formula is C20H32N4OS. The van der Waals surface area contributed by atoms with Crippen LogP contribution in [0.25, 0.3) is 0 Å². The van der Waals surface area contributed by atoms with Crippen LogP contribution < -0.4 is 16.0 Å². The predicted molar refractivity (Wildman–Crippen MR) is 112 cm³/mol. The number of hydrogen-bond acceptors (Lipinski definition) is 3. The minimum absolute atomic E-state index is 0.0186. The third-order valence-corrected chi connectivity index (χ3v) is 6.33. The van der Waals surface area contributed by atoms with Crippen LogP contribution in [-0.4, -0.2) is 42.0 Å². The van der Waals surface area contributed by atoms with E-state index in [2.05, 4.69) is 34.8 Å². The van der Waals surface area contributed by atoms with Gasteiger partial charge in [0.25, 0.3) is 5.91 Å². The Hall–Kier alpha value is -1.69. The number of aliphatic imine (C=N–C) groups is 1. The number of thioether (sulfide) groups is 1. The van der Waals surface area contributed by atoms with E-state index in [1.807, 2.05) is 43.0 Å². The average molecular weight is 377 g/mol. The van der Waals surface area contributed by atoms with E-state index in [1.165, 1.54) is 18.6 Å². The van der Waals surface area contributed by atoms with Gasteiger partial charge in [-0.15, -0.1) is 0 Å². The van der Waals surface area contributed by atoms with Gasteiger partial charge in [-0.2, -0.15) is 11.8 Å². The average Bonchev–Trinajstić information content (AvgIpc) is 3.08. The third-order valence-electron chi connectivity index (χ3n) is 4.79. The number of rotatable bonds is 7. The second kappa shape index (κ2) is 9.86. The molecule has 2 unspecified atom stereocenters. The number of benzene rings is 1. The zero-order chi connectivity index (χ0) is 19.0. The molecule has 3 N–H and O–H groups in total. The lowest BCUT2D eigenvalue weighted by Gasteiger charge is -2.24. The zero-order valence-electron chi connectivity index (χ0n) is 16.4.